The molecule has 0 aromatic carbocycles. The standard InChI is InChI=1S/C15H22N4OS.ClH/c1-2-4-14-18-15-11(17)7-9-19(20-10-8-16)12(15)5-3-6-13(15)21-14;/h3,5-7,9,11-12H,2,4,8,10,16-17H2,1H3;1H. The van der Waals surface area contributed by atoms with Gasteiger partial charge in [-0.25, -0.2) is 0 Å². The predicted octanol–water partition coefficient (Wildman–Crippen LogP) is 1.96. The third kappa shape index (κ3) is 2.74. The van der Waals surface area contributed by atoms with Crippen LogP contribution in [0.1, 0.15) is 19.8 Å². The maximum Gasteiger partial charge on any atom is 0.138 e. The van der Waals surface area contributed by atoms with Crippen molar-refractivity contribution in [2.75, 3.05) is 13.2 Å². The molecule has 2 aliphatic heterocycles. The van der Waals surface area contributed by atoms with Gasteiger partial charge in [-0.05, 0) is 18.6 Å². The second-order valence-electron chi connectivity index (χ2n) is 5.39. The average molecular weight is 343 g/mol. The molecule has 22 heavy (non-hydrogen) atoms. The lowest BCUT2D eigenvalue weighted by Gasteiger charge is -2.46. The van der Waals surface area contributed by atoms with Gasteiger partial charge in [0.2, 0.25) is 0 Å². The van der Waals surface area contributed by atoms with E-state index in [1.807, 2.05) is 17.3 Å². The van der Waals surface area contributed by atoms with Gasteiger partial charge in [-0.2, -0.15) is 0 Å². The van der Waals surface area contributed by atoms with E-state index in [1.54, 1.807) is 11.8 Å². The number of nitrogens with zero attached hydrogens (tertiary/aromatic N) is 2. The van der Waals surface area contributed by atoms with Gasteiger partial charge >= 0.3 is 0 Å². The average Bonchev–Trinajstić information content (AvgIpc) is 2.86. The highest BCUT2D eigenvalue weighted by molar-refractivity contribution is 8.17. The first-order chi connectivity index (χ1) is 10.2. The van der Waals surface area contributed by atoms with Crippen LogP contribution in [0.15, 0.2) is 40.4 Å². The summed E-state index contributed by atoms with van der Waals surface area (Å²) in [6.45, 7) is 3.14. The van der Waals surface area contributed by atoms with Crippen LogP contribution in [0.5, 0.6) is 0 Å². The van der Waals surface area contributed by atoms with Crippen LogP contribution in [-0.2, 0) is 4.84 Å². The molecule has 0 bridgehead atoms. The van der Waals surface area contributed by atoms with Crippen LogP contribution in [-0.4, -0.2) is 40.9 Å². The molecule has 0 aromatic rings. The summed E-state index contributed by atoms with van der Waals surface area (Å²) < 4.78 is 0. The number of thioether (sulfide) groups is 1. The molecular formula is C15H23ClN4OS. The van der Waals surface area contributed by atoms with Crippen molar-refractivity contribution < 1.29 is 4.84 Å². The minimum absolute atomic E-state index is 0. The normalized spacial score (nSPS) is 32.0. The quantitative estimate of drug-likeness (QED) is 0.798. The lowest BCUT2D eigenvalue weighted by molar-refractivity contribution is -0.151. The molecule has 4 N–H and O–H groups in total. The molecule has 7 heteroatoms. The summed E-state index contributed by atoms with van der Waals surface area (Å²) in [5.74, 6) is 0. The first-order valence-electron chi connectivity index (χ1n) is 7.43. The summed E-state index contributed by atoms with van der Waals surface area (Å²) in [7, 11) is 0. The smallest absolute Gasteiger partial charge is 0.138 e. The van der Waals surface area contributed by atoms with Gasteiger partial charge in [-0.1, -0.05) is 37.3 Å². The van der Waals surface area contributed by atoms with Gasteiger partial charge in [0, 0.05) is 17.6 Å². The molecule has 122 valence electrons. The highest BCUT2D eigenvalue weighted by atomic mass is 35.5. The van der Waals surface area contributed by atoms with Gasteiger partial charge < -0.3 is 11.5 Å². The van der Waals surface area contributed by atoms with Crippen molar-refractivity contribution in [2.45, 2.75) is 37.4 Å². The van der Waals surface area contributed by atoms with Crippen molar-refractivity contribution in [1.82, 2.24) is 5.06 Å². The molecular weight excluding hydrogens is 320 g/mol. The van der Waals surface area contributed by atoms with Gasteiger partial charge in [0.1, 0.15) is 11.6 Å². The Balaban J connectivity index is 0.00000176. The molecule has 2 heterocycles. The van der Waals surface area contributed by atoms with Crippen LogP contribution in [0.4, 0.5) is 0 Å². The van der Waals surface area contributed by atoms with Crippen LogP contribution in [0.3, 0.4) is 0 Å². The van der Waals surface area contributed by atoms with Crippen LogP contribution in [0.2, 0.25) is 0 Å². The molecule has 0 aromatic heterocycles. The van der Waals surface area contributed by atoms with E-state index in [4.69, 9.17) is 21.3 Å². The second kappa shape index (κ2) is 7.19. The van der Waals surface area contributed by atoms with Crippen molar-refractivity contribution in [3.63, 3.8) is 0 Å². The number of rotatable bonds is 5. The number of hydroxylamine groups is 2. The topological polar surface area (TPSA) is 76.9 Å². The molecule has 0 saturated carbocycles. The Morgan fingerprint density at radius 2 is 2.27 bits per heavy atom. The van der Waals surface area contributed by atoms with Gasteiger partial charge in [-0.3, -0.25) is 14.9 Å². The van der Waals surface area contributed by atoms with E-state index in [-0.39, 0.29) is 24.5 Å². The number of nitrogens with two attached hydrogens (primary N) is 2. The van der Waals surface area contributed by atoms with E-state index in [9.17, 15) is 0 Å². The summed E-state index contributed by atoms with van der Waals surface area (Å²) in [4.78, 5) is 12.0. The Kier molecular flexibility index (Phi) is 5.74. The predicted molar refractivity (Wildman–Crippen MR) is 94.9 cm³/mol. The van der Waals surface area contributed by atoms with E-state index in [1.165, 1.54) is 9.95 Å². The van der Waals surface area contributed by atoms with E-state index < -0.39 is 5.54 Å². The Hall–Kier alpha value is -0.790. The molecule has 0 radical (unpaired) electrons. The molecule has 3 rings (SSSR count). The molecule has 0 fully saturated rings. The zero-order valence-electron chi connectivity index (χ0n) is 12.6. The lowest BCUT2D eigenvalue weighted by Crippen LogP contribution is -2.61. The Morgan fingerprint density at radius 1 is 1.45 bits per heavy atom. The highest BCUT2D eigenvalue weighted by Crippen LogP contribution is 2.49. The third-order valence-corrected chi connectivity index (χ3v) is 5.18. The lowest BCUT2D eigenvalue weighted by atomic mass is 9.78. The fourth-order valence-electron chi connectivity index (χ4n) is 3.00. The summed E-state index contributed by atoms with van der Waals surface area (Å²) in [5.41, 5.74) is 11.5. The maximum absolute atomic E-state index is 6.43. The first-order valence-corrected chi connectivity index (χ1v) is 8.24. The Morgan fingerprint density at radius 3 is 3.00 bits per heavy atom. The summed E-state index contributed by atoms with van der Waals surface area (Å²) in [6, 6.07) is -0.149. The SMILES string of the molecule is CCCC1=NC23C(=CC=CC2N(OCCN)C=CC3N)S1.Cl. The van der Waals surface area contributed by atoms with E-state index >= 15 is 0 Å². The zero-order valence-corrected chi connectivity index (χ0v) is 14.3. The largest absolute Gasteiger partial charge is 0.328 e. The maximum atomic E-state index is 6.43. The van der Waals surface area contributed by atoms with Crippen molar-refractivity contribution in [3.8, 4) is 0 Å². The zero-order chi connectivity index (χ0) is 14.9. The van der Waals surface area contributed by atoms with Gasteiger partial charge in [0.15, 0.2) is 0 Å². The minimum Gasteiger partial charge on any atom is -0.328 e. The fraction of sp³-hybridized carbons (Fsp3) is 0.533. The summed E-state index contributed by atoms with van der Waals surface area (Å²) in [5, 5.41) is 3.01. The molecule has 1 spiro atoms. The third-order valence-electron chi connectivity index (χ3n) is 3.97. The highest BCUT2D eigenvalue weighted by Gasteiger charge is 2.54. The molecule has 0 amide bonds. The van der Waals surface area contributed by atoms with Crippen molar-refractivity contribution in [1.29, 1.82) is 0 Å². The Bertz CT molecular complexity index is 534. The van der Waals surface area contributed by atoms with Crippen LogP contribution in [0.25, 0.3) is 0 Å². The van der Waals surface area contributed by atoms with Crippen LogP contribution >= 0.6 is 24.2 Å². The van der Waals surface area contributed by atoms with Crippen LogP contribution < -0.4 is 11.5 Å². The first kappa shape index (κ1) is 17.6. The molecule has 1 aliphatic carbocycles. The van der Waals surface area contributed by atoms with E-state index in [2.05, 4.69) is 25.2 Å². The fourth-order valence-corrected chi connectivity index (χ4v) is 4.37. The molecule has 3 atom stereocenters. The Labute approximate surface area is 141 Å². The number of hydrogen-bond donors (Lipinski definition) is 2. The number of hydrogen-bond acceptors (Lipinski definition) is 6. The molecule has 3 aliphatic rings. The molecule has 0 saturated heterocycles. The monoisotopic (exact) mass is 342 g/mol. The minimum atomic E-state index is -0.437. The summed E-state index contributed by atoms with van der Waals surface area (Å²) in [6.07, 6.45) is 12.3. The van der Waals surface area contributed by atoms with Crippen LogP contribution in [0, 0.1) is 0 Å². The van der Waals surface area contributed by atoms with E-state index in [0.717, 1.165) is 12.8 Å². The second-order valence-corrected chi connectivity index (χ2v) is 6.51. The van der Waals surface area contributed by atoms with Crippen molar-refractivity contribution >= 4 is 29.2 Å². The van der Waals surface area contributed by atoms with Gasteiger partial charge in [0.25, 0.3) is 0 Å². The van der Waals surface area contributed by atoms with Gasteiger partial charge in [0.05, 0.1) is 17.7 Å². The van der Waals surface area contributed by atoms with E-state index in [0.29, 0.717) is 13.2 Å². The summed E-state index contributed by atoms with van der Waals surface area (Å²) >= 11 is 1.76. The molecule has 5 nitrogen and oxygen atoms in total. The van der Waals surface area contributed by atoms with Gasteiger partial charge in [-0.15, -0.1) is 12.4 Å². The number of aliphatic imine (C=N–C) groups is 1. The van der Waals surface area contributed by atoms with Crippen molar-refractivity contribution in [3.05, 3.63) is 35.4 Å². The number of allylic oxidation sites excluding steroid dienone is 2. The van der Waals surface area contributed by atoms with Crippen molar-refractivity contribution in [2.24, 2.45) is 16.5 Å². The number of halogens is 1. The molecule has 3 unspecified atom stereocenters.